The van der Waals surface area contributed by atoms with Gasteiger partial charge in [0.1, 0.15) is 0 Å². The van der Waals surface area contributed by atoms with E-state index in [9.17, 15) is 10.0 Å². The Labute approximate surface area is 213 Å². The minimum Gasteiger partial charge on any atom is -0.362 e. The van der Waals surface area contributed by atoms with Crippen molar-refractivity contribution in [2.24, 2.45) is 0 Å². The molecule has 1 aliphatic heterocycles. The van der Waals surface area contributed by atoms with Crippen molar-refractivity contribution in [3.8, 4) is 12.3 Å². The molecule has 1 aliphatic carbocycles. The number of fused-ring (bicyclic) bond motifs is 1. The second kappa shape index (κ2) is 11.4. The molecule has 0 spiro atoms. The van der Waals surface area contributed by atoms with Crippen molar-refractivity contribution in [3.63, 3.8) is 0 Å². The predicted molar refractivity (Wildman–Crippen MR) is 146 cm³/mol. The van der Waals surface area contributed by atoms with Crippen LogP contribution in [0.5, 0.6) is 0 Å². The summed E-state index contributed by atoms with van der Waals surface area (Å²) >= 11 is 5.33. The van der Waals surface area contributed by atoms with Crippen LogP contribution in [0.2, 0.25) is 0 Å². The number of carbonyl (C=O) groups is 1. The molecule has 0 saturated carbocycles. The minimum absolute atomic E-state index is 0.359. The first-order valence-electron chi connectivity index (χ1n) is 12.2. The molecule has 4 rings (SSSR count). The van der Waals surface area contributed by atoms with Crippen LogP contribution < -0.4 is 20.6 Å². The molecule has 0 atom stereocenters. The Kier molecular flexibility index (Phi) is 8.06. The molecule has 0 fully saturated rings. The number of anilines is 3. The molecule has 0 saturated heterocycles. The van der Waals surface area contributed by atoms with Crippen LogP contribution in [0, 0.1) is 12.3 Å². The number of amides is 1. The van der Waals surface area contributed by atoms with Gasteiger partial charge < -0.3 is 15.5 Å². The molecule has 1 amide bonds. The lowest BCUT2D eigenvalue weighted by Crippen LogP contribution is -2.31. The molecule has 0 radical (unpaired) electrons. The highest BCUT2D eigenvalue weighted by Crippen LogP contribution is 2.41. The molecule has 6 nitrogen and oxygen atoms in total. The zero-order valence-corrected chi connectivity index (χ0v) is 21.0. The van der Waals surface area contributed by atoms with E-state index >= 15 is 0 Å². The van der Waals surface area contributed by atoms with Crippen LogP contribution in [0.4, 0.5) is 17.1 Å². The molecular weight excluding hydrogens is 456 g/mol. The summed E-state index contributed by atoms with van der Waals surface area (Å²) in [7, 11) is 0. The monoisotopic (exact) mass is 488 g/mol. The van der Waals surface area contributed by atoms with Crippen molar-refractivity contribution in [1.29, 1.82) is 0 Å². The summed E-state index contributed by atoms with van der Waals surface area (Å²) in [6, 6.07) is 12.6. The maximum Gasteiger partial charge on any atom is 0.282 e. The number of hydrogen-bond donors (Lipinski definition) is 3. The molecule has 182 valence electrons. The van der Waals surface area contributed by atoms with Gasteiger partial charge in [0.05, 0.1) is 12.2 Å². The number of carbonyl (C=O) groups excluding carboxylic acids is 1. The van der Waals surface area contributed by atoms with Crippen LogP contribution in [0.3, 0.4) is 0 Å². The number of terminal acetylenes is 1. The van der Waals surface area contributed by atoms with Gasteiger partial charge in [0.2, 0.25) is 0 Å². The largest absolute Gasteiger partial charge is 0.362 e. The van der Waals surface area contributed by atoms with E-state index in [0.29, 0.717) is 33.7 Å². The van der Waals surface area contributed by atoms with Crippen LogP contribution in [0.1, 0.15) is 61.4 Å². The third-order valence-electron chi connectivity index (χ3n) is 6.50. The van der Waals surface area contributed by atoms with Crippen LogP contribution in [-0.2, 0) is 6.42 Å². The Bertz CT molecular complexity index is 1180. The van der Waals surface area contributed by atoms with E-state index < -0.39 is 5.91 Å². The number of hydrogen-bond acceptors (Lipinski definition) is 4. The van der Waals surface area contributed by atoms with Crippen molar-refractivity contribution in [2.75, 3.05) is 28.4 Å². The summed E-state index contributed by atoms with van der Waals surface area (Å²) < 4.78 is 0. The molecule has 7 heteroatoms. The van der Waals surface area contributed by atoms with E-state index in [1.165, 1.54) is 24.1 Å². The average Bonchev–Trinajstić information content (AvgIpc) is 2.87. The van der Waals surface area contributed by atoms with E-state index in [2.05, 4.69) is 28.4 Å². The SMILES string of the molecule is C#CCN1C2=C(CCCC2)Cc2cc(N(O)C(=O)c3cccc(NC(=S)NCCCC)c3)ccc21. The molecule has 0 bridgehead atoms. The Morgan fingerprint density at radius 1 is 1.23 bits per heavy atom. The molecule has 3 N–H and O–H groups in total. The number of nitrogens with zero attached hydrogens (tertiary/aromatic N) is 2. The van der Waals surface area contributed by atoms with Gasteiger partial charge in [0, 0.05) is 29.2 Å². The van der Waals surface area contributed by atoms with Gasteiger partial charge in [-0.2, -0.15) is 5.06 Å². The summed E-state index contributed by atoms with van der Waals surface area (Å²) in [4.78, 5) is 15.3. The standard InChI is InChI=1S/C28H32N4O2S/c1-3-5-15-29-28(35)30-23-11-8-10-21(18-23)27(33)32(34)24-13-14-26-22(19-24)17-20-9-6-7-12-25(20)31(26)16-4-2/h2,8,10-11,13-14,18-19,34H,3,5-7,9,12,15-17H2,1H3,(H2,29,30,35). The molecule has 0 unspecified atom stereocenters. The molecular formula is C28H32N4O2S. The first kappa shape index (κ1) is 24.8. The number of benzene rings is 2. The van der Waals surface area contributed by atoms with Crippen LogP contribution in [-0.4, -0.2) is 29.3 Å². The van der Waals surface area contributed by atoms with Crippen LogP contribution in [0.25, 0.3) is 0 Å². The third-order valence-corrected chi connectivity index (χ3v) is 6.75. The second-order valence-electron chi connectivity index (χ2n) is 8.97. The highest BCUT2D eigenvalue weighted by Gasteiger charge is 2.27. The lowest BCUT2D eigenvalue weighted by Gasteiger charge is -2.37. The first-order valence-corrected chi connectivity index (χ1v) is 12.7. The number of unbranched alkanes of at least 4 members (excludes halogenated alkanes) is 1. The summed E-state index contributed by atoms with van der Waals surface area (Å²) in [6.07, 6.45) is 13.1. The summed E-state index contributed by atoms with van der Waals surface area (Å²) in [5.74, 6) is 2.27. The van der Waals surface area contributed by atoms with Gasteiger partial charge in [-0.25, -0.2) is 0 Å². The van der Waals surface area contributed by atoms with E-state index in [1.807, 2.05) is 18.2 Å². The summed E-state index contributed by atoms with van der Waals surface area (Å²) in [5.41, 5.74) is 6.37. The number of hydroxylamine groups is 1. The van der Waals surface area contributed by atoms with E-state index in [1.54, 1.807) is 24.3 Å². The van der Waals surface area contributed by atoms with Gasteiger partial charge in [0.15, 0.2) is 5.11 Å². The molecule has 2 aliphatic rings. The molecule has 1 heterocycles. The number of allylic oxidation sites excluding steroid dienone is 2. The average molecular weight is 489 g/mol. The lowest BCUT2D eigenvalue weighted by molar-refractivity contribution is 0.0855. The predicted octanol–water partition coefficient (Wildman–Crippen LogP) is 5.63. The highest BCUT2D eigenvalue weighted by molar-refractivity contribution is 7.80. The Hall–Kier alpha value is -3.34. The number of nitrogens with one attached hydrogen (secondary N) is 2. The van der Waals surface area contributed by atoms with Gasteiger partial charge in [-0.3, -0.25) is 10.0 Å². The quantitative estimate of drug-likeness (QED) is 0.154. The fourth-order valence-corrected chi connectivity index (χ4v) is 4.97. The lowest BCUT2D eigenvalue weighted by atomic mass is 9.86. The van der Waals surface area contributed by atoms with E-state index in [-0.39, 0.29) is 0 Å². The van der Waals surface area contributed by atoms with Crippen LogP contribution >= 0.6 is 12.2 Å². The molecule has 35 heavy (non-hydrogen) atoms. The summed E-state index contributed by atoms with van der Waals surface area (Å²) in [6.45, 7) is 3.43. The Balaban J connectivity index is 1.51. The summed E-state index contributed by atoms with van der Waals surface area (Å²) in [5, 5.41) is 18.3. The van der Waals surface area contributed by atoms with Crippen LogP contribution in [0.15, 0.2) is 53.7 Å². The van der Waals surface area contributed by atoms with Gasteiger partial charge in [-0.15, -0.1) is 6.42 Å². The van der Waals surface area contributed by atoms with Crippen molar-refractivity contribution in [2.45, 2.75) is 51.9 Å². The number of thiocarbonyl (C=S) groups is 1. The Morgan fingerprint density at radius 3 is 2.86 bits per heavy atom. The van der Waals surface area contributed by atoms with Gasteiger partial charge in [-0.1, -0.05) is 25.3 Å². The maximum atomic E-state index is 13.1. The maximum absolute atomic E-state index is 13.1. The molecule has 0 aromatic heterocycles. The topological polar surface area (TPSA) is 67.8 Å². The van der Waals surface area contributed by atoms with Crippen molar-refractivity contribution >= 4 is 40.3 Å². The van der Waals surface area contributed by atoms with Gasteiger partial charge >= 0.3 is 0 Å². The van der Waals surface area contributed by atoms with Crippen molar-refractivity contribution in [1.82, 2.24) is 5.32 Å². The molecule has 2 aromatic carbocycles. The normalized spacial score (nSPS) is 14.5. The zero-order valence-electron chi connectivity index (χ0n) is 20.1. The Morgan fingerprint density at radius 2 is 2.06 bits per heavy atom. The highest BCUT2D eigenvalue weighted by atomic mass is 32.1. The second-order valence-corrected chi connectivity index (χ2v) is 9.38. The smallest absolute Gasteiger partial charge is 0.282 e. The van der Waals surface area contributed by atoms with Gasteiger partial charge in [0.25, 0.3) is 5.91 Å². The molecule has 2 aromatic rings. The van der Waals surface area contributed by atoms with Crippen molar-refractivity contribution < 1.29 is 10.0 Å². The minimum atomic E-state index is -0.507. The number of rotatable bonds is 7. The third kappa shape index (κ3) is 5.67. The van der Waals surface area contributed by atoms with E-state index in [4.69, 9.17) is 18.6 Å². The zero-order chi connectivity index (χ0) is 24.8. The van der Waals surface area contributed by atoms with Crippen molar-refractivity contribution in [3.05, 3.63) is 64.9 Å². The fourth-order valence-electron chi connectivity index (χ4n) is 4.75. The van der Waals surface area contributed by atoms with Gasteiger partial charge in [-0.05, 0) is 98.3 Å². The van der Waals surface area contributed by atoms with E-state index in [0.717, 1.165) is 49.9 Å². The fraction of sp³-hybridized carbons (Fsp3) is 0.357. The first-order chi connectivity index (χ1) is 17.0.